The van der Waals surface area contributed by atoms with Gasteiger partial charge in [-0.25, -0.2) is 4.98 Å². The van der Waals surface area contributed by atoms with Crippen molar-refractivity contribution in [2.75, 3.05) is 19.5 Å². The molecular formula is C14H13F3N4O. The Kier molecular flexibility index (Phi) is 3.12. The van der Waals surface area contributed by atoms with E-state index in [4.69, 9.17) is 4.74 Å². The highest BCUT2D eigenvalue weighted by Crippen LogP contribution is 2.39. The highest BCUT2D eigenvalue weighted by Gasteiger charge is 2.37. The number of aryl methyl sites for hydroxylation is 1. The number of nitrogens with one attached hydrogen (secondary N) is 1. The Bertz CT molecular complexity index is 870. The molecule has 2 heterocycles. The first-order valence-electron chi connectivity index (χ1n) is 6.46. The van der Waals surface area contributed by atoms with E-state index in [-0.39, 0.29) is 17.0 Å². The molecule has 116 valence electrons. The summed E-state index contributed by atoms with van der Waals surface area (Å²) in [5, 5.41) is 2.95. The zero-order valence-electron chi connectivity index (χ0n) is 12.1. The Morgan fingerprint density at radius 3 is 2.55 bits per heavy atom. The van der Waals surface area contributed by atoms with Crippen molar-refractivity contribution < 1.29 is 17.9 Å². The highest BCUT2D eigenvalue weighted by molar-refractivity contribution is 6.08. The third-order valence-corrected chi connectivity index (χ3v) is 3.53. The first-order valence-corrected chi connectivity index (χ1v) is 6.46. The van der Waals surface area contributed by atoms with E-state index in [1.807, 2.05) is 0 Å². The maximum atomic E-state index is 13.4. The molecular weight excluding hydrogens is 297 g/mol. The fourth-order valence-electron chi connectivity index (χ4n) is 2.51. The van der Waals surface area contributed by atoms with Crippen molar-refractivity contribution in [1.82, 2.24) is 14.5 Å². The summed E-state index contributed by atoms with van der Waals surface area (Å²) < 4.78 is 46.9. The summed E-state index contributed by atoms with van der Waals surface area (Å²) in [6.07, 6.45) is -4.58. The number of hydrogen-bond acceptors (Lipinski definition) is 4. The number of ether oxygens (including phenoxy) is 1. The molecule has 2 aromatic heterocycles. The first kappa shape index (κ1) is 14.4. The second-order valence-electron chi connectivity index (χ2n) is 4.78. The molecule has 0 saturated heterocycles. The van der Waals surface area contributed by atoms with Gasteiger partial charge in [0.15, 0.2) is 5.69 Å². The molecule has 22 heavy (non-hydrogen) atoms. The number of alkyl halides is 3. The van der Waals surface area contributed by atoms with Crippen molar-refractivity contribution in [3.8, 4) is 5.75 Å². The minimum Gasteiger partial charge on any atom is -0.497 e. The molecule has 1 N–H and O–H groups in total. The summed E-state index contributed by atoms with van der Waals surface area (Å²) >= 11 is 0. The van der Waals surface area contributed by atoms with Crippen molar-refractivity contribution in [1.29, 1.82) is 0 Å². The lowest BCUT2D eigenvalue weighted by atomic mass is 10.1. The number of nitrogens with zero attached hydrogens (tertiary/aromatic N) is 3. The lowest BCUT2D eigenvalue weighted by molar-refractivity contribution is -0.139. The largest absolute Gasteiger partial charge is 0.497 e. The fraction of sp³-hybridized carbons (Fsp3) is 0.286. The second-order valence-corrected chi connectivity index (χ2v) is 4.78. The van der Waals surface area contributed by atoms with Gasteiger partial charge in [0.25, 0.3) is 0 Å². The van der Waals surface area contributed by atoms with Gasteiger partial charge in [-0.1, -0.05) is 0 Å². The van der Waals surface area contributed by atoms with Gasteiger partial charge in [0, 0.05) is 19.5 Å². The van der Waals surface area contributed by atoms with E-state index >= 15 is 0 Å². The summed E-state index contributed by atoms with van der Waals surface area (Å²) in [6, 6.07) is 4.96. The van der Waals surface area contributed by atoms with E-state index in [2.05, 4.69) is 15.3 Å². The maximum absolute atomic E-state index is 13.4. The molecule has 0 aliphatic carbocycles. The molecule has 3 rings (SSSR count). The van der Waals surface area contributed by atoms with Gasteiger partial charge in [-0.2, -0.15) is 18.2 Å². The number of aromatic nitrogens is 3. The van der Waals surface area contributed by atoms with Gasteiger partial charge >= 0.3 is 6.18 Å². The average molecular weight is 310 g/mol. The normalized spacial score (nSPS) is 12.1. The third-order valence-electron chi connectivity index (χ3n) is 3.53. The Morgan fingerprint density at radius 1 is 1.23 bits per heavy atom. The van der Waals surface area contributed by atoms with Crippen LogP contribution in [0, 0.1) is 0 Å². The molecule has 5 nitrogen and oxygen atoms in total. The van der Waals surface area contributed by atoms with Crippen LogP contribution in [0.5, 0.6) is 5.75 Å². The van der Waals surface area contributed by atoms with Gasteiger partial charge in [-0.3, -0.25) is 0 Å². The van der Waals surface area contributed by atoms with Crippen molar-refractivity contribution in [3.63, 3.8) is 0 Å². The third kappa shape index (κ3) is 2.02. The Hall–Kier alpha value is -2.51. The minimum absolute atomic E-state index is 0.0251. The van der Waals surface area contributed by atoms with Gasteiger partial charge in [-0.05, 0) is 18.2 Å². The smallest absolute Gasteiger partial charge is 0.434 e. The van der Waals surface area contributed by atoms with Gasteiger partial charge in [0.05, 0.1) is 18.0 Å². The summed E-state index contributed by atoms with van der Waals surface area (Å²) in [4.78, 5) is 7.77. The summed E-state index contributed by atoms with van der Waals surface area (Å²) in [6.45, 7) is 0. The molecule has 0 bridgehead atoms. The van der Waals surface area contributed by atoms with E-state index in [9.17, 15) is 13.2 Å². The monoisotopic (exact) mass is 310 g/mol. The molecule has 0 radical (unpaired) electrons. The molecule has 0 amide bonds. The topological polar surface area (TPSA) is 52.0 Å². The van der Waals surface area contributed by atoms with Gasteiger partial charge < -0.3 is 14.6 Å². The molecule has 8 heteroatoms. The van der Waals surface area contributed by atoms with Crippen molar-refractivity contribution in [3.05, 3.63) is 23.9 Å². The zero-order chi connectivity index (χ0) is 16.1. The van der Waals surface area contributed by atoms with E-state index < -0.39 is 11.9 Å². The Balaban J connectivity index is 2.53. The standard InChI is InChI=1S/C14H13F3N4O/c1-18-13-19-11(14(15,16)17)10-8-6-7(22-3)4-5-9(8)21(2)12(10)20-13/h4-6H,1-3H3,(H,18,19,20). The van der Waals surface area contributed by atoms with Crippen molar-refractivity contribution >= 4 is 27.9 Å². The van der Waals surface area contributed by atoms with Crippen molar-refractivity contribution in [2.45, 2.75) is 6.18 Å². The first-order chi connectivity index (χ1) is 10.4. The van der Waals surface area contributed by atoms with Crippen molar-refractivity contribution in [2.24, 2.45) is 7.05 Å². The van der Waals surface area contributed by atoms with Crippen LogP contribution >= 0.6 is 0 Å². The summed E-state index contributed by atoms with van der Waals surface area (Å²) in [7, 11) is 4.61. The van der Waals surface area contributed by atoms with E-state index in [0.29, 0.717) is 16.7 Å². The van der Waals surface area contributed by atoms with Crippen LogP contribution in [0.3, 0.4) is 0 Å². The minimum atomic E-state index is -4.58. The number of halogens is 3. The number of benzene rings is 1. The average Bonchev–Trinajstić information content (AvgIpc) is 2.78. The molecule has 0 aliphatic heterocycles. The molecule has 0 fully saturated rings. The molecule has 0 unspecified atom stereocenters. The Morgan fingerprint density at radius 2 is 1.95 bits per heavy atom. The SMILES string of the molecule is CNc1nc(C(F)(F)F)c2c3cc(OC)ccc3n(C)c2n1. The van der Waals surface area contributed by atoms with Crippen LogP contribution in [0.4, 0.5) is 19.1 Å². The summed E-state index contributed by atoms with van der Waals surface area (Å²) in [5.74, 6) is 0.406. The lowest BCUT2D eigenvalue weighted by Crippen LogP contribution is -2.12. The number of anilines is 1. The predicted molar refractivity (Wildman–Crippen MR) is 77.1 cm³/mol. The zero-order valence-corrected chi connectivity index (χ0v) is 12.1. The van der Waals surface area contributed by atoms with E-state index in [0.717, 1.165) is 0 Å². The van der Waals surface area contributed by atoms with Crippen LogP contribution in [0.15, 0.2) is 18.2 Å². The molecule has 0 atom stereocenters. The molecule has 3 aromatic rings. The van der Waals surface area contributed by atoms with E-state index in [1.54, 1.807) is 29.8 Å². The van der Waals surface area contributed by atoms with Crippen LogP contribution < -0.4 is 10.1 Å². The second kappa shape index (κ2) is 4.75. The summed E-state index contributed by atoms with van der Waals surface area (Å²) in [5.41, 5.74) is -0.112. The van der Waals surface area contributed by atoms with Crippen LogP contribution in [-0.2, 0) is 13.2 Å². The van der Waals surface area contributed by atoms with Gasteiger partial charge in [0.2, 0.25) is 5.95 Å². The fourth-order valence-corrected chi connectivity index (χ4v) is 2.51. The number of hydrogen-bond donors (Lipinski definition) is 1. The number of fused-ring (bicyclic) bond motifs is 3. The lowest BCUT2D eigenvalue weighted by Gasteiger charge is -2.09. The quantitative estimate of drug-likeness (QED) is 0.790. The van der Waals surface area contributed by atoms with E-state index in [1.165, 1.54) is 14.2 Å². The van der Waals surface area contributed by atoms with Crippen LogP contribution in [0.2, 0.25) is 0 Å². The molecule has 0 spiro atoms. The van der Waals surface area contributed by atoms with Crippen LogP contribution in [-0.4, -0.2) is 28.7 Å². The molecule has 0 saturated carbocycles. The van der Waals surface area contributed by atoms with Gasteiger partial charge in [-0.15, -0.1) is 0 Å². The number of methoxy groups -OCH3 is 1. The molecule has 1 aromatic carbocycles. The van der Waals surface area contributed by atoms with Crippen LogP contribution in [0.1, 0.15) is 5.69 Å². The maximum Gasteiger partial charge on any atom is 0.434 e. The number of rotatable bonds is 2. The van der Waals surface area contributed by atoms with Crippen LogP contribution in [0.25, 0.3) is 21.9 Å². The van der Waals surface area contributed by atoms with Gasteiger partial charge in [0.1, 0.15) is 11.4 Å². The highest BCUT2D eigenvalue weighted by atomic mass is 19.4. The predicted octanol–water partition coefficient (Wildman–Crippen LogP) is 3.19. The Labute approximate surface area is 123 Å². The molecule has 0 aliphatic rings.